The van der Waals surface area contributed by atoms with Crippen LogP contribution in [0, 0.1) is 6.92 Å². The molecule has 2 heterocycles. The zero-order valence-electron chi connectivity index (χ0n) is 13.7. The summed E-state index contributed by atoms with van der Waals surface area (Å²) in [4.78, 5) is 15.7. The highest BCUT2D eigenvalue weighted by Gasteiger charge is 2.18. The molecule has 1 aromatic carbocycles. The number of carboxylic acids is 1. The van der Waals surface area contributed by atoms with Gasteiger partial charge in [0, 0.05) is 18.8 Å². The van der Waals surface area contributed by atoms with E-state index in [1.54, 1.807) is 6.07 Å². The molecule has 0 aliphatic rings. The molecule has 0 fully saturated rings. The van der Waals surface area contributed by atoms with Crippen LogP contribution in [0.4, 0.5) is 0 Å². The SMILES string of the molecule is C=C(C)NCCn1c(-c2ccc(C(=O)O)o2)nc2cccc(C)c21. The van der Waals surface area contributed by atoms with E-state index in [1.807, 2.05) is 36.6 Å². The number of nitrogens with zero attached hydrogens (tertiary/aromatic N) is 2. The Labute approximate surface area is 139 Å². The van der Waals surface area contributed by atoms with Crippen LogP contribution in [0.25, 0.3) is 22.6 Å². The summed E-state index contributed by atoms with van der Waals surface area (Å²) in [5, 5.41) is 12.3. The Morgan fingerprint density at radius 3 is 2.83 bits per heavy atom. The van der Waals surface area contributed by atoms with Crippen molar-refractivity contribution in [3.8, 4) is 11.6 Å². The predicted molar refractivity (Wildman–Crippen MR) is 91.9 cm³/mol. The van der Waals surface area contributed by atoms with Gasteiger partial charge in [-0.2, -0.15) is 0 Å². The zero-order chi connectivity index (χ0) is 17.3. The number of carbonyl (C=O) groups is 1. The van der Waals surface area contributed by atoms with Crippen molar-refractivity contribution in [3.63, 3.8) is 0 Å². The third-order valence-electron chi connectivity index (χ3n) is 3.77. The van der Waals surface area contributed by atoms with E-state index in [2.05, 4.69) is 16.9 Å². The van der Waals surface area contributed by atoms with Crippen LogP contribution in [0.2, 0.25) is 0 Å². The van der Waals surface area contributed by atoms with Gasteiger partial charge in [-0.25, -0.2) is 9.78 Å². The summed E-state index contributed by atoms with van der Waals surface area (Å²) in [6.45, 7) is 9.12. The van der Waals surface area contributed by atoms with Gasteiger partial charge in [0.25, 0.3) is 0 Å². The lowest BCUT2D eigenvalue weighted by Gasteiger charge is -2.11. The number of carboxylic acid groups (broad SMARTS) is 1. The Hall–Kier alpha value is -3.02. The molecule has 6 heteroatoms. The maximum Gasteiger partial charge on any atom is 0.371 e. The van der Waals surface area contributed by atoms with Gasteiger partial charge in [-0.15, -0.1) is 0 Å². The largest absolute Gasteiger partial charge is 0.475 e. The first-order valence-electron chi connectivity index (χ1n) is 7.66. The molecule has 0 atom stereocenters. The highest BCUT2D eigenvalue weighted by molar-refractivity contribution is 5.86. The average Bonchev–Trinajstić information content (AvgIpc) is 3.12. The molecule has 0 aliphatic carbocycles. The molecule has 0 spiro atoms. The lowest BCUT2D eigenvalue weighted by molar-refractivity contribution is 0.0663. The quantitative estimate of drug-likeness (QED) is 0.726. The molecule has 0 saturated carbocycles. The number of hydrogen-bond acceptors (Lipinski definition) is 4. The van der Waals surface area contributed by atoms with E-state index in [1.165, 1.54) is 6.07 Å². The van der Waals surface area contributed by atoms with E-state index < -0.39 is 5.97 Å². The molecule has 0 unspecified atom stereocenters. The van der Waals surface area contributed by atoms with Gasteiger partial charge in [-0.05, 0) is 37.6 Å². The number of para-hydroxylation sites is 1. The minimum atomic E-state index is -1.09. The van der Waals surface area contributed by atoms with Gasteiger partial charge >= 0.3 is 5.97 Å². The zero-order valence-corrected chi connectivity index (χ0v) is 13.7. The summed E-state index contributed by atoms with van der Waals surface area (Å²) in [7, 11) is 0. The summed E-state index contributed by atoms with van der Waals surface area (Å²) in [5.74, 6) is -0.127. The van der Waals surface area contributed by atoms with E-state index >= 15 is 0 Å². The average molecular weight is 325 g/mol. The van der Waals surface area contributed by atoms with E-state index in [4.69, 9.17) is 9.52 Å². The third-order valence-corrected chi connectivity index (χ3v) is 3.77. The van der Waals surface area contributed by atoms with Gasteiger partial charge < -0.3 is 19.4 Å². The third kappa shape index (κ3) is 2.90. The summed E-state index contributed by atoms with van der Waals surface area (Å²) in [5.41, 5.74) is 3.87. The molecule has 0 amide bonds. The van der Waals surface area contributed by atoms with E-state index in [0.29, 0.717) is 24.7 Å². The highest BCUT2D eigenvalue weighted by Crippen LogP contribution is 2.28. The molecule has 6 nitrogen and oxygen atoms in total. The van der Waals surface area contributed by atoms with Crippen LogP contribution in [0.5, 0.6) is 0 Å². The van der Waals surface area contributed by atoms with Crippen LogP contribution in [-0.2, 0) is 6.54 Å². The highest BCUT2D eigenvalue weighted by atomic mass is 16.4. The van der Waals surface area contributed by atoms with Crippen molar-refractivity contribution in [1.82, 2.24) is 14.9 Å². The molecular formula is C18H19N3O3. The first kappa shape index (κ1) is 15.9. The molecule has 3 aromatic rings. The summed E-state index contributed by atoms with van der Waals surface area (Å²) < 4.78 is 7.49. The Morgan fingerprint density at radius 2 is 2.17 bits per heavy atom. The van der Waals surface area contributed by atoms with Crippen LogP contribution < -0.4 is 5.32 Å². The van der Waals surface area contributed by atoms with Crippen molar-refractivity contribution in [2.75, 3.05) is 6.54 Å². The lowest BCUT2D eigenvalue weighted by atomic mass is 10.2. The monoisotopic (exact) mass is 325 g/mol. The van der Waals surface area contributed by atoms with Crippen molar-refractivity contribution in [3.05, 3.63) is 53.9 Å². The number of rotatable bonds is 6. The van der Waals surface area contributed by atoms with E-state index in [0.717, 1.165) is 22.3 Å². The first-order chi connectivity index (χ1) is 11.5. The second-order valence-corrected chi connectivity index (χ2v) is 5.71. The molecule has 24 heavy (non-hydrogen) atoms. The number of imidazole rings is 1. The molecule has 2 aromatic heterocycles. The van der Waals surface area contributed by atoms with Crippen molar-refractivity contribution in [2.24, 2.45) is 0 Å². The van der Waals surface area contributed by atoms with Crippen molar-refractivity contribution in [1.29, 1.82) is 0 Å². The van der Waals surface area contributed by atoms with Gasteiger partial charge in [-0.1, -0.05) is 18.7 Å². The maximum atomic E-state index is 11.1. The first-order valence-corrected chi connectivity index (χ1v) is 7.66. The minimum absolute atomic E-state index is 0.0969. The van der Waals surface area contributed by atoms with Crippen LogP contribution in [0.1, 0.15) is 23.0 Å². The number of allylic oxidation sites excluding steroid dienone is 1. The number of nitrogens with one attached hydrogen (secondary N) is 1. The number of benzene rings is 1. The number of fused-ring (bicyclic) bond motifs is 1. The maximum absolute atomic E-state index is 11.1. The fourth-order valence-corrected chi connectivity index (χ4v) is 2.73. The Balaban J connectivity index is 2.09. The molecule has 3 rings (SSSR count). The predicted octanol–water partition coefficient (Wildman–Crippen LogP) is 3.43. The van der Waals surface area contributed by atoms with Gasteiger partial charge in [0.2, 0.25) is 5.76 Å². The van der Waals surface area contributed by atoms with Crippen LogP contribution >= 0.6 is 0 Å². The molecule has 124 valence electrons. The molecule has 0 bridgehead atoms. The van der Waals surface area contributed by atoms with E-state index in [9.17, 15) is 4.79 Å². The molecule has 0 saturated heterocycles. The van der Waals surface area contributed by atoms with Gasteiger partial charge in [0.15, 0.2) is 11.6 Å². The second-order valence-electron chi connectivity index (χ2n) is 5.71. The number of aromatic nitrogens is 2. The Kier molecular flexibility index (Phi) is 4.12. The lowest BCUT2D eigenvalue weighted by Crippen LogP contribution is -2.18. The van der Waals surface area contributed by atoms with Crippen LogP contribution in [0.15, 0.2) is 47.0 Å². The van der Waals surface area contributed by atoms with Crippen molar-refractivity contribution in [2.45, 2.75) is 20.4 Å². The van der Waals surface area contributed by atoms with Gasteiger partial charge in [0.1, 0.15) is 0 Å². The smallest absolute Gasteiger partial charge is 0.371 e. The van der Waals surface area contributed by atoms with E-state index in [-0.39, 0.29) is 5.76 Å². The van der Waals surface area contributed by atoms with Crippen molar-refractivity contribution >= 4 is 17.0 Å². The number of furan rings is 1. The fraction of sp³-hybridized carbons (Fsp3) is 0.222. The summed E-state index contributed by atoms with van der Waals surface area (Å²) in [6, 6.07) is 9.01. The molecular weight excluding hydrogens is 306 g/mol. The number of aryl methyl sites for hydroxylation is 1. The van der Waals surface area contributed by atoms with Crippen LogP contribution in [0.3, 0.4) is 0 Å². The standard InChI is InChI=1S/C18H19N3O3/c1-11(2)19-9-10-21-16-12(3)5-4-6-13(16)20-17(21)14-7-8-15(24-14)18(22)23/h4-8,19H,1,9-10H2,2-3H3,(H,22,23). The topological polar surface area (TPSA) is 80.3 Å². The second kappa shape index (κ2) is 6.23. The molecule has 0 aliphatic heterocycles. The Morgan fingerprint density at radius 1 is 1.38 bits per heavy atom. The number of hydrogen-bond donors (Lipinski definition) is 2. The summed E-state index contributed by atoms with van der Waals surface area (Å²) >= 11 is 0. The van der Waals surface area contributed by atoms with Crippen molar-refractivity contribution < 1.29 is 14.3 Å². The normalized spacial score (nSPS) is 10.9. The minimum Gasteiger partial charge on any atom is -0.475 e. The van der Waals surface area contributed by atoms with Crippen LogP contribution in [-0.4, -0.2) is 27.2 Å². The number of aromatic carboxylic acids is 1. The van der Waals surface area contributed by atoms with Gasteiger partial charge in [-0.3, -0.25) is 0 Å². The summed E-state index contributed by atoms with van der Waals surface area (Å²) in [6.07, 6.45) is 0. The molecule has 2 N–H and O–H groups in total. The Bertz CT molecular complexity index is 921. The van der Waals surface area contributed by atoms with Gasteiger partial charge in [0.05, 0.1) is 11.0 Å². The molecule has 0 radical (unpaired) electrons. The fourth-order valence-electron chi connectivity index (χ4n) is 2.73.